The standard InChI is InChI=1S/C8H10O2/c1-8(6-9)4-2-7(10)3-5-8/h2-4,6,10H,5H2,1H3. The lowest BCUT2D eigenvalue weighted by molar-refractivity contribution is -0.113. The molecular formula is C8H10O2. The van der Waals surface area contributed by atoms with E-state index >= 15 is 0 Å². The van der Waals surface area contributed by atoms with Gasteiger partial charge in [0.05, 0.1) is 0 Å². The second kappa shape index (κ2) is 2.29. The topological polar surface area (TPSA) is 37.3 Å². The maximum atomic E-state index is 10.4. The summed E-state index contributed by atoms with van der Waals surface area (Å²) in [6.07, 6.45) is 6.41. The second-order valence-electron chi connectivity index (χ2n) is 2.79. The van der Waals surface area contributed by atoms with E-state index in [-0.39, 0.29) is 5.76 Å². The van der Waals surface area contributed by atoms with Crippen molar-refractivity contribution in [3.8, 4) is 0 Å². The second-order valence-corrected chi connectivity index (χ2v) is 2.79. The van der Waals surface area contributed by atoms with Crippen LogP contribution in [0.2, 0.25) is 0 Å². The zero-order chi connectivity index (χ0) is 7.61. The van der Waals surface area contributed by atoms with E-state index in [1.54, 1.807) is 18.2 Å². The van der Waals surface area contributed by atoms with Gasteiger partial charge in [-0.1, -0.05) is 6.08 Å². The minimum absolute atomic E-state index is 0.249. The van der Waals surface area contributed by atoms with Crippen LogP contribution in [-0.2, 0) is 4.79 Å². The summed E-state index contributed by atoms with van der Waals surface area (Å²) in [5.74, 6) is 0.249. The number of hydrogen-bond acceptors (Lipinski definition) is 2. The highest BCUT2D eigenvalue weighted by atomic mass is 16.3. The summed E-state index contributed by atoms with van der Waals surface area (Å²) in [7, 11) is 0. The van der Waals surface area contributed by atoms with E-state index in [2.05, 4.69) is 0 Å². The van der Waals surface area contributed by atoms with Gasteiger partial charge in [0.2, 0.25) is 0 Å². The van der Waals surface area contributed by atoms with Crippen molar-refractivity contribution in [2.45, 2.75) is 13.3 Å². The van der Waals surface area contributed by atoms with Gasteiger partial charge in [-0.3, -0.25) is 0 Å². The zero-order valence-corrected chi connectivity index (χ0v) is 5.87. The van der Waals surface area contributed by atoms with Crippen LogP contribution in [-0.4, -0.2) is 11.4 Å². The van der Waals surface area contributed by atoms with Crippen molar-refractivity contribution < 1.29 is 9.90 Å². The van der Waals surface area contributed by atoms with Crippen LogP contribution >= 0.6 is 0 Å². The summed E-state index contributed by atoms with van der Waals surface area (Å²) in [4.78, 5) is 10.4. The van der Waals surface area contributed by atoms with Crippen molar-refractivity contribution in [2.24, 2.45) is 5.41 Å². The van der Waals surface area contributed by atoms with Crippen LogP contribution < -0.4 is 0 Å². The number of aliphatic hydroxyl groups excluding tert-OH is 1. The highest BCUT2D eigenvalue weighted by Gasteiger charge is 2.20. The number of rotatable bonds is 1. The predicted octanol–water partition coefficient (Wildman–Crippen LogP) is 1.59. The van der Waals surface area contributed by atoms with Gasteiger partial charge >= 0.3 is 0 Å². The first-order chi connectivity index (χ1) is 4.66. The Morgan fingerprint density at radius 1 is 1.80 bits per heavy atom. The van der Waals surface area contributed by atoms with Gasteiger partial charge in [-0.05, 0) is 25.5 Å². The molecule has 0 aliphatic heterocycles. The predicted molar refractivity (Wildman–Crippen MR) is 38.6 cm³/mol. The molecule has 0 bridgehead atoms. The molecule has 0 saturated carbocycles. The molecule has 0 aromatic heterocycles. The molecular weight excluding hydrogens is 128 g/mol. The minimum atomic E-state index is -0.397. The molecule has 1 atom stereocenters. The van der Waals surface area contributed by atoms with Gasteiger partial charge in [-0.15, -0.1) is 0 Å². The summed E-state index contributed by atoms with van der Waals surface area (Å²) in [5, 5.41) is 8.90. The van der Waals surface area contributed by atoms with Crippen LogP contribution in [0.3, 0.4) is 0 Å². The summed E-state index contributed by atoms with van der Waals surface area (Å²) >= 11 is 0. The van der Waals surface area contributed by atoms with E-state index in [9.17, 15) is 4.79 Å². The number of allylic oxidation sites excluding steroid dienone is 3. The minimum Gasteiger partial charge on any atom is -0.508 e. The molecule has 54 valence electrons. The lowest BCUT2D eigenvalue weighted by Gasteiger charge is -2.18. The van der Waals surface area contributed by atoms with Gasteiger partial charge in [0.25, 0.3) is 0 Å². The molecule has 10 heavy (non-hydrogen) atoms. The van der Waals surface area contributed by atoms with Crippen molar-refractivity contribution in [2.75, 3.05) is 0 Å². The van der Waals surface area contributed by atoms with Gasteiger partial charge in [0.1, 0.15) is 12.0 Å². The van der Waals surface area contributed by atoms with Gasteiger partial charge in [-0.2, -0.15) is 0 Å². The monoisotopic (exact) mass is 138 g/mol. The molecule has 1 N–H and O–H groups in total. The Hall–Kier alpha value is -1.05. The first-order valence-electron chi connectivity index (χ1n) is 3.21. The molecule has 2 nitrogen and oxygen atoms in total. The quantitative estimate of drug-likeness (QED) is 0.559. The normalized spacial score (nSPS) is 31.5. The molecule has 1 unspecified atom stereocenters. The third-order valence-corrected chi connectivity index (χ3v) is 1.66. The molecule has 1 aliphatic rings. The molecule has 1 rings (SSSR count). The zero-order valence-electron chi connectivity index (χ0n) is 5.87. The van der Waals surface area contributed by atoms with E-state index in [0.717, 1.165) is 6.29 Å². The Morgan fingerprint density at radius 2 is 2.50 bits per heavy atom. The van der Waals surface area contributed by atoms with E-state index < -0.39 is 5.41 Å². The fourth-order valence-electron chi connectivity index (χ4n) is 0.824. The van der Waals surface area contributed by atoms with Crippen LogP contribution in [0.1, 0.15) is 13.3 Å². The Morgan fingerprint density at radius 3 is 2.90 bits per heavy atom. The Bertz CT molecular complexity index is 203. The fourth-order valence-corrected chi connectivity index (χ4v) is 0.824. The molecule has 0 radical (unpaired) electrons. The molecule has 0 amide bonds. The lowest BCUT2D eigenvalue weighted by Crippen LogP contribution is -2.15. The van der Waals surface area contributed by atoms with Crippen LogP contribution in [0.4, 0.5) is 0 Å². The average Bonchev–Trinajstić information content (AvgIpc) is 1.96. The average molecular weight is 138 g/mol. The number of carbonyl (C=O) groups excluding carboxylic acids is 1. The summed E-state index contributed by atoms with van der Waals surface area (Å²) in [6.45, 7) is 1.83. The van der Waals surface area contributed by atoms with E-state index in [1.165, 1.54) is 0 Å². The van der Waals surface area contributed by atoms with Crippen molar-refractivity contribution in [3.05, 3.63) is 24.0 Å². The summed E-state index contributed by atoms with van der Waals surface area (Å²) < 4.78 is 0. The molecule has 2 heteroatoms. The fraction of sp³-hybridized carbons (Fsp3) is 0.375. The van der Waals surface area contributed by atoms with Crippen molar-refractivity contribution >= 4 is 6.29 Å². The van der Waals surface area contributed by atoms with E-state index in [1.807, 2.05) is 6.92 Å². The van der Waals surface area contributed by atoms with Crippen LogP contribution in [0.15, 0.2) is 24.0 Å². The SMILES string of the molecule is CC1(C=O)C=CC(O)=CC1. The number of hydrogen-bond donors (Lipinski definition) is 1. The number of aliphatic hydroxyl groups is 1. The van der Waals surface area contributed by atoms with Crippen LogP contribution in [0, 0.1) is 5.41 Å². The Balaban J connectivity index is 2.76. The Labute approximate surface area is 59.9 Å². The molecule has 0 spiro atoms. The van der Waals surface area contributed by atoms with Gasteiger partial charge in [0.15, 0.2) is 0 Å². The molecule has 0 saturated heterocycles. The smallest absolute Gasteiger partial charge is 0.129 e. The maximum absolute atomic E-state index is 10.4. The number of carbonyl (C=O) groups is 1. The molecule has 0 aromatic carbocycles. The highest BCUT2D eigenvalue weighted by Crippen LogP contribution is 2.25. The molecule has 0 heterocycles. The maximum Gasteiger partial charge on any atom is 0.129 e. The Kier molecular flexibility index (Phi) is 1.62. The van der Waals surface area contributed by atoms with Gasteiger partial charge in [0, 0.05) is 5.41 Å². The number of aldehydes is 1. The third-order valence-electron chi connectivity index (χ3n) is 1.66. The third kappa shape index (κ3) is 1.26. The summed E-state index contributed by atoms with van der Waals surface area (Å²) in [6, 6.07) is 0. The first-order valence-corrected chi connectivity index (χ1v) is 3.21. The van der Waals surface area contributed by atoms with Gasteiger partial charge < -0.3 is 9.90 Å². The van der Waals surface area contributed by atoms with Crippen molar-refractivity contribution in [1.82, 2.24) is 0 Å². The molecule has 0 fully saturated rings. The van der Waals surface area contributed by atoms with E-state index in [4.69, 9.17) is 5.11 Å². The largest absolute Gasteiger partial charge is 0.508 e. The van der Waals surface area contributed by atoms with Crippen molar-refractivity contribution in [3.63, 3.8) is 0 Å². The van der Waals surface area contributed by atoms with Crippen molar-refractivity contribution in [1.29, 1.82) is 0 Å². The highest BCUT2D eigenvalue weighted by molar-refractivity contribution is 5.63. The first kappa shape index (κ1) is 7.06. The lowest BCUT2D eigenvalue weighted by atomic mass is 9.85. The molecule has 1 aliphatic carbocycles. The van der Waals surface area contributed by atoms with E-state index in [0.29, 0.717) is 6.42 Å². The van der Waals surface area contributed by atoms with Gasteiger partial charge in [-0.25, -0.2) is 0 Å². The van der Waals surface area contributed by atoms with Crippen LogP contribution in [0.5, 0.6) is 0 Å². The molecule has 0 aromatic rings. The summed E-state index contributed by atoms with van der Waals surface area (Å²) in [5.41, 5.74) is -0.397. The van der Waals surface area contributed by atoms with Crippen LogP contribution in [0.25, 0.3) is 0 Å².